The minimum atomic E-state index is -4.74. The van der Waals surface area contributed by atoms with Gasteiger partial charge in [0.25, 0.3) is 0 Å². The minimum Gasteiger partial charge on any atom is -0.483 e. The van der Waals surface area contributed by atoms with Crippen molar-refractivity contribution in [3.05, 3.63) is 75.1 Å². The van der Waals surface area contributed by atoms with Crippen LogP contribution >= 0.6 is 23.1 Å². The van der Waals surface area contributed by atoms with Crippen LogP contribution in [0.2, 0.25) is 5.02 Å². The first-order valence-corrected chi connectivity index (χ1v) is 10.5. The molecular formula is C22H15ClF5NO3S. The third-order valence-electron chi connectivity index (χ3n) is 4.24. The molecule has 0 fully saturated rings. The number of esters is 1. The van der Waals surface area contributed by atoms with Gasteiger partial charge in [-0.3, -0.25) is 0 Å². The van der Waals surface area contributed by atoms with Crippen LogP contribution in [0.25, 0.3) is 17.3 Å². The minimum absolute atomic E-state index is 0.000405. The second kappa shape index (κ2) is 10.3. The Kier molecular flexibility index (Phi) is 7.70. The van der Waals surface area contributed by atoms with Crippen molar-refractivity contribution >= 4 is 35.2 Å². The second-order valence-electron chi connectivity index (χ2n) is 6.53. The van der Waals surface area contributed by atoms with Crippen molar-refractivity contribution < 1.29 is 36.2 Å². The van der Waals surface area contributed by atoms with Crippen LogP contribution in [0.1, 0.15) is 22.9 Å². The number of halogens is 6. The molecule has 0 N–H and O–H groups in total. The molecule has 2 aromatic carbocycles. The van der Waals surface area contributed by atoms with Gasteiger partial charge in [0.15, 0.2) is 17.4 Å². The lowest BCUT2D eigenvalue weighted by Gasteiger charge is -2.12. The fraction of sp³-hybridized carbons (Fsp3) is 0.182. The molecule has 0 aliphatic carbocycles. The van der Waals surface area contributed by atoms with Crippen LogP contribution < -0.4 is 4.74 Å². The highest BCUT2D eigenvalue weighted by Crippen LogP contribution is 2.40. The summed E-state index contributed by atoms with van der Waals surface area (Å²) >= 11 is 6.04. The number of nitrogens with zero attached hydrogens (tertiary/aromatic N) is 1. The number of carbonyl (C=O) groups excluding carboxylic acids is 1. The van der Waals surface area contributed by atoms with Gasteiger partial charge in [-0.25, -0.2) is 13.6 Å². The number of hydrogen-bond donors (Lipinski definition) is 0. The van der Waals surface area contributed by atoms with E-state index in [1.807, 2.05) is 0 Å². The summed E-state index contributed by atoms with van der Waals surface area (Å²) in [5.74, 6) is -3.85. The zero-order chi connectivity index (χ0) is 24.2. The average Bonchev–Trinajstić information content (AvgIpc) is 3.17. The molecule has 3 rings (SSSR count). The van der Waals surface area contributed by atoms with Crippen molar-refractivity contribution in [1.82, 2.24) is 4.37 Å². The van der Waals surface area contributed by atoms with Crippen molar-refractivity contribution in [2.24, 2.45) is 0 Å². The van der Waals surface area contributed by atoms with Gasteiger partial charge in [0, 0.05) is 22.2 Å². The summed E-state index contributed by atoms with van der Waals surface area (Å²) in [6.45, 7) is 0.950. The van der Waals surface area contributed by atoms with E-state index >= 15 is 0 Å². The average molecular weight is 504 g/mol. The van der Waals surface area contributed by atoms with Gasteiger partial charge < -0.3 is 9.47 Å². The predicted octanol–water partition coefficient (Wildman–Crippen LogP) is 6.92. The lowest BCUT2D eigenvalue weighted by molar-refractivity contribution is -0.137. The van der Waals surface area contributed by atoms with Crippen LogP contribution in [0.15, 0.2) is 42.5 Å². The number of rotatable bonds is 7. The van der Waals surface area contributed by atoms with Gasteiger partial charge in [-0.1, -0.05) is 23.7 Å². The second-order valence-corrected chi connectivity index (χ2v) is 7.74. The van der Waals surface area contributed by atoms with Crippen LogP contribution in [0.4, 0.5) is 22.0 Å². The highest BCUT2D eigenvalue weighted by molar-refractivity contribution is 7.06. The number of benzene rings is 2. The van der Waals surface area contributed by atoms with Crippen LogP contribution in [0.3, 0.4) is 0 Å². The molecule has 0 spiro atoms. The molecule has 0 radical (unpaired) electrons. The summed E-state index contributed by atoms with van der Waals surface area (Å²) in [7, 11) is 0. The first-order valence-electron chi connectivity index (χ1n) is 9.38. The molecule has 3 aromatic rings. The molecule has 33 heavy (non-hydrogen) atoms. The van der Waals surface area contributed by atoms with Crippen molar-refractivity contribution in [3.8, 4) is 17.0 Å². The maximum absolute atomic E-state index is 14.4. The maximum atomic E-state index is 14.4. The fourth-order valence-electron chi connectivity index (χ4n) is 2.81. The molecule has 0 aliphatic heterocycles. The molecule has 1 heterocycles. The molecule has 174 valence electrons. The largest absolute Gasteiger partial charge is 0.483 e. The smallest absolute Gasteiger partial charge is 0.427 e. The van der Waals surface area contributed by atoms with E-state index in [0.717, 1.165) is 24.3 Å². The molecule has 4 nitrogen and oxygen atoms in total. The molecule has 0 saturated carbocycles. The Morgan fingerprint density at radius 2 is 1.79 bits per heavy atom. The Morgan fingerprint density at radius 1 is 1.15 bits per heavy atom. The number of ether oxygens (including phenoxy) is 2. The zero-order valence-corrected chi connectivity index (χ0v) is 18.5. The highest BCUT2D eigenvalue weighted by Gasteiger charge is 2.38. The quantitative estimate of drug-likeness (QED) is 0.199. The number of alkyl halides is 3. The normalized spacial score (nSPS) is 11.7. The molecule has 1 aromatic heterocycles. The van der Waals surface area contributed by atoms with E-state index in [9.17, 15) is 26.7 Å². The molecule has 11 heteroatoms. The Labute approximate surface area is 194 Å². The Hall–Kier alpha value is -2.98. The van der Waals surface area contributed by atoms with Crippen molar-refractivity contribution in [1.29, 1.82) is 0 Å². The van der Waals surface area contributed by atoms with Gasteiger partial charge in [-0.05, 0) is 54.4 Å². The van der Waals surface area contributed by atoms with Gasteiger partial charge in [-0.2, -0.15) is 17.5 Å². The molecule has 0 unspecified atom stereocenters. The summed E-state index contributed by atoms with van der Waals surface area (Å²) in [6, 6.07) is 7.68. The number of aromatic nitrogens is 1. The van der Waals surface area contributed by atoms with Crippen LogP contribution in [0, 0.1) is 11.6 Å². The van der Waals surface area contributed by atoms with E-state index in [1.54, 1.807) is 6.92 Å². The number of carbonyl (C=O) groups is 1. The van der Waals surface area contributed by atoms with E-state index in [1.165, 1.54) is 24.3 Å². The van der Waals surface area contributed by atoms with Gasteiger partial charge in [0.1, 0.15) is 11.5 Å². The van der Waals surface area contributed by atoms with E-state index in [0.29, 0.717) is 10.6 Å². The zero-order valence-electron chi connectivity index (χ0n) is 16.9. The Balaban J connectivity index is 1.89. The van der Waals surface area contributed by atoms with Gasteiger partial charge in [0.2, 0.25) is 0 Å². The summed E-state index contributed by atoms with van der Waals surface area (Å²) in [6.07, 6.45) is -2.61. The predicted molar refractivity (Wildman–Crippen MR) is 114 cm³/mol. The van der Waals surface area contributed by atoms with Crippen molar-refractivity contribution in [3.63, 3.8) is 0 Å². The van der Waals surface area contributed by atoms with Crippen LogP contribution in [-0.4, -0.2) is 16.9 Å². The summed E-state index contributed by atoms with van der Waals surface area (Å²) in [5.41, 5.74) is -0.0516. The lowest BCUT2D eigenvalue weighted by atomic mass is 10.1. The van der Waals surface area contributed by atoms with E-state index in [4.69, 9.17) is 16.3 Å². The van der Waals surface area contributed by atoms with Crippen LogP contribution in [-0.2, 0) is 22.3 Å². The van der Waals surface area contributed by atoms with Gasteiger partial charge >= 0.3 is 12.1 Å². The summed E-state index contributed by atoms with van der Waals surface area (Å²) in [4.78, 5) is 10.3. The van der Waals surface area contributed by atoms with Gasteiger partial charge in [0.05, 0.1) is 12.3 Å². The Morgan fingerprint density at radius 3 is 2.36 bits per heavy atom. The molecule has 0 aliphatic rings. The third-order valence-corrected chi connectivity index (χ3v) is 5.43. The molecular weight excluding hydrogens is 489 g/mol. The molecule has 0 atom stereocenters. The standard InChI is InChI=1S/C22H15ClF5NO3S/c1-2-31-18(30)8-3-12-9-16(24)20(17(25)10-12)32-11-15-19(13-4-6-14(23)7-5-13)29-33-21(15)22(26,27)28/h3-10H,2,11H2,1H3/b8-3+. The fourth-order valence-corrected chi connectivity index (χ4v) is 3.71. The number of hydrogen-bond acceptors (Lipinski definition) is 5. The topological polar surface area (TPSA) is 48.4 Å². The lowest BCUT2D eigenvalue weighted by Crippen LogP contribution is -2.09. The van der Waals surface area contributed by atoms with E-state index in [-0.39, 0.29) is 35.0 Å². The van der Waals surface area contributed by atoms with Gasteiger partial charge in [-0.15, -0.1) is 0 Å². The maximum Gasteiger partial charge on any atom is 0.427 e. The molecule has 0 saturated heterocycles. The Bertz CT molecular complexity index is 1150. The summed E-state index contributed by atoms with van der Waals surface area (Å²) in [5, 5.41) is 0.379. The first-order chi connectivity index (χ1) is 15.6. The summed E-state index contributed by atoms with van der Waals surface area (Å²) < 4.78 is 83.0. The highest BCUT2D eigenvalue weighted by atomic mass is 35.5. The monoisotopic (exact) mass is 503 g/mol. The van der Waals surface area contributed by atoms with Crippen LogP contribution in [0.5, 0.6) is 5.75 Å². The van der Waals surface area contributed by atoms with E-state index in [2.05, 4.69) is 9.11 Å². The SMILES string of the molecule is CCOC(=O)/C=C/c1cc(F)c(OCc2c(-c3ccc(Cl)cc3)nsc2C(F)(F)F)c(F)c1. The van der Waals surface area contributed by atoms with Crippen molar-refractivity contribution in [2.45, 2.75) is 19.7 Å². The van der Waals surface area contributed by atoms with Crippen molar-refractivity contribution in [2.75, 3.05) is 6.61 Å². The third kappa shape index (κ3) is 6.08. The van der Waals surface area contributed by atoms with E-state index < -0.39 is 41.0 Å². The molecule has 0 amide bonds. The molecule has 0 bridgehead atoms. The first kappa shape index (κ1) is 24.7.